The molecule has 0 aromatic heterocycles. The molecule has 0 unspecified atom stereocenters. The van der Waals surface area contributed by atoms with Crippen molar-refractivity contribution >= 4 is 28.9 Å². The van der Waals surface area contributed by atoms with Gasteiger partial charge in [0.05, 0.1) is 11.3 Å². The number of ether oxygens (including phenoxy) is 1. The third kappa shape index (κ3) is 5.23. The number of hydrogen-bond donors (Lipinski definition) is 2. The number of carbonyl (C=O) groups excluding carboxylic acids is 2. The highest BCUT2D eigenvalue weighted by atomic mass is 16.5. The first kappa shape index (κ1) is 20.1. The first-order chi connectivity index (χ1) is 14.1. The van der Waals surface area contributed by atoms with Crippen LogP contribution in [0.2, 0.25) is 0 Å². The minimum atomic E-state index is -0.556. The molecule has 2 N–H and O–H groups in total. The van der Waals surface area contributed by atoms with Gasteiger partial charge in [-0.15, -0.1) is 0 Å². The van der Waals surface area contributed by atoms with Gasteiger partial charge < -0.3 is 15.4 Å². The molecule has 5 heteroatoms. The molecule has 0 radical (unpaired) electrons. The van der Waals surface area contributed by atoms with Crippen LogP contribution in [0.4, 0.5) is 17.1 Å². The van der Waals surface area contributed by atoms with Crippen LogP contribution in [0.1, 0.15) is 28.4 Å². The molecule has 0 fully saturated rings. The van der Waals surface area contributed by atoms with Crippen molar-refractivity contribution in [3.05, 3.63) is 89.5 Å². The highest BCUT2D eigenvalue weighted by Gasteiger charge is 2.15. The van der Waals surface area contributed by atoms with Gasteiger partial charge in [0.1, 0.15) is 0 Å². The molecule has 3 aromatic rings. The summed E-state index contributed by atoms with van der Waals surface area (Å²) in [5.74, 6) is -0.921. The van der Waals surface area contributed by atoms with Crippen molar-refractivity contribution in [1.82, 2.24) is 0 Å². The fourth-order valence-corrected chi connectivity index (χ4v) is 3.03. The highest BCUT2D eigenvalue weighted by molar-refractivity contribution is 5.99. The normalized spacial score (nSPS) is 10.3. The van der Waals surface area contributed by atoms with Gasteiger partial charge in [-0.1, -0.05) is 55.5 Å². The average Bonchev–Trinajstić information content (AvgIpc) is 2.74. The van der Waals surface area contributed by atoms with E-state index in [1.54, 1.807) is 18.2 Å². The van der Waals surface area contributed by atoms with E-state index in [0.717, 1.165) is 28.9 Å². The van der Waals surface area contributed by atoms with Gasteiger partial charge in [-0.2, -0.15) is 0 Å². The lowest BCUT2D eigenvalue weighted by atomic mass is 10.1. The maximum Gasteiger partial charge on any atom is 0.340 e. The molecule has 1 amide bonds. The number of esters is 1. The zero-order valence-electron chi connectivity index (χ0n) is 16.6. The molecule has 0 aliphatic heterocycles. The van der Waals surface area contributed by atoms with Crippen LogP contribution in [0.15, 0.2) is 72.8 Å². The zero-order chi connectivity index (χ0) is 20.6. The maximum atomic E-state index is 12.6. The van der Waals surface area contributed by atoms with Crippen molar-refractivity contribution in [3.8, 4) is 0 Å². The molecule has 0 aliphatic carbocycles. The molecule has 3 rings (SSSR count). The largest absolute Gasteiger partial charge is 0.452 e. The van der Waals surface area contributed by atoms with E-state index in [1.807, 2.05) is 68.4 Å². The van der Waals surface area contributed by atoms with Gasteiger partial charge in [0.15, 0.2) is 6.61 Å². The standard InChI is InChI=1S/C24H24N2O3/c1-3-18-11-9-10-17(2)23(18)26-22(27)16-29-24(28)20-14-7-8-15-21(20)25-19-12-5-4-6-13-19/h4-15,25H,3,16H2,1-2H3,(H,26,27). The minimum absolute atomic E-state index is 0.351. The van der Waals surface area contributed by atoms with Crippen LogP contribution < -0.4 is 10.6 Å². The van der Waals surface area contributed by atoms with Crippen LogP contribution in [0.3, 0.4) is 0 Å². The number of hydrogen-bond acceptors (Lipinski definition) is 4. The summed E-state index contributed by atoms with van der Waals surface area (Å²) in [5.41, 5.74) is 4.65. The van der Waals surface area contributed by atoms with Gasteiger partial charge in [0.25, 0.3) is 5.91 Å². The van der Waals surface area contributed by atoms with Gasteiger partial charge >= 0.3 is 5.97 Å². The van der Waals surface area contributed by atoms with Crippen molar-refractivity contribution < 1.29 is 14.3 Å². The predicted octanol–water partition coefficient (Wildman–Crippen LogP) is 5.10. The highest BCUT2D eigenvalue weighted by Crippen LogP contribution is 2.22. The predicted molar refractivity (Wildman–Crippen MR) is 116 cm³/mol. The Kier molecular flexibility index (Phi) is 6.63. The monoisotopic (exact) mass is 388 g/mol. The molecule has 0 atom stereocenters. The minimum Gasteiger partial charge on any atom is -0.452 e. The average molecular weight is 388 g/mol. The lowest BCUT2D eigenvalue weighted by Crippen LogP contribution is -2.22. The second-order valence-electron chi connectivity index (χ2n) is 6.62. The Morgan fingerprint density at radius 2 is 1.62 bits per heavy atom. The summed E-state index contributed by atoms with van der Waals surface area (Å²) in [7, 11) is 0. The molecule has 5 nitrogen and oxygen atoms in total. The molecule has 0 aliphatic rings. The second kappa shape index (κ2) is 9.55. The van der Waals surface area contributed by atoms with Gasteiger partial charge in [-0.3, -0.25) is 4.79 Å². The quantitative estimate of drug-likeness (QED) is 0.553. The van der Waals surface area contributed by atoms with Crippen molar-refractivity contribution in [2.45, 2.75) is 20.3 Å². The number of carbonyl (C=O) groups is 2. The number of rotatable bonds is 7. The van der Waals surface area contributed by atoms with Crippen LogP contribution >= 0.6 is 0 Å². The van der Waals surface area contributed by atoms with Crippen LogP contribution in [0.25, 0.3) is 0 Å². The lowest BCUT2D eigenvalue weighted by molar-refractivity contribution is -0.119. The number of aryl methyl sites for hydroxylation is 2. The van der Waals surface area contributed by atoms with Crippen molar-refractivity contribution in [3.63, 3.8) is 0 Å². The Balaban J connectivity index is 1.65. The number of benzene rings is 3. The molecule has 0 heterocycles. The van der Waals surface area contributed by atoms with Gasteiger partial charge in [0.2, 0.25) is 0 Å². The summed E-state index contributed by atoms with van der Waals surface area (Å²) < 4.78 is 5.26. The molecular weight excluding hydrogens is 364 g/mol. The third-order valence-electron chi connectivity index (χ3n) is 4.54. The summed E-state index contributed by atoms with van der Waals surface area (Å²) in [6.45, 7) is 3.61. The van der Waals surface area contributed by atoms with Crippen molar-refractivity contribution in [2.24, 2.45) is 0 Å². The fourth-order valence-electron chi connectivity index (χ4n) is 3.03. The van der Waals surface area contributed by atoms with Crippen LogP contribution in [0.5, 0.6) is 0 Å². The van der Waals surface area contributed by atoms with Crippen LogP contribution in [-0.4, -0.2) is 18.5 Å². The Morgan fingerprint density at radius 3 is 2.38 bits per heavy atom. The maximum absolute atomic E-state index is 12.6. The fraction of sp³-hybridized carbons (Fsp3) is 0.167. The number of anilines is 3. The SMILES string of the molecule is CCc1cccc(C)c1NC(=O)COC(=O)c1ccccc1Nc1ccccc1. The van der Waals surface area contributed by atoms with E-state index >= 15 is 0 Å². The Bertz CT molecular complexity index is 1000. The summed E-state index contributed by atoms with van der Waals surface area (Å²) in [6, 6.07) is 22.5. The molecule has 148 valence electrons. The first-order valence-electron chi connectivity index (χ1n) is 9.55. The van der Waals surface area contributed by atoms with Crippen LogP contribution in [-0.2, 0) is 16.0 Å². The molecule has 29 heavy (non-hydrogen) atoms. The smallest absolute Gasteiger partial charge is 0.340 e. The third-order valence-corrected chi connectivity index (χ3v) is 4.54. The van der Waals surface area contributed by atoms with Crippen molar-refractivity contribution in [2.75, 3.05) is 17.2 Å². The summed E-state index contributed by atoms with van der Waals surface area (Å²) in [6.07, 6.45) is 0.801. The van der Waals surface area contributed by atoms with Gasteiger partial charge in [0, 0.05) is 11.4 Å². The zero-order valence-corrected chi connectivity index (χ0v) is 16.6. The van der Waals surface area contributed by atoms with E-state index in [2.05, 4.69) is 10.6 Å². The number of amides is 1. The second-order valence-corrected chi connectivity index (χ2v) is 6.62. The molecule has 0 spiro atoms. The Morgan fingerprint density at radius 1 is 0.897 bits per heavy atom. The van der Waals surface area contributed by atoms with E-state index < -0.39 is 5.97 Å². The summed E-state index contributed by atoms with van der Waals surface area (Å²) in [4.78, 5) is 24.9. The molecular formula is C24H24N2O3. The lowest BCUT2D eigenvalue weighted by Gasteiger charge is -2.14. The topological polar surface area (TPSA) is 67.4 Å². The number of nitrogens with one attached hydrogen (secondary N) is 2. The van der Waals surface area contributed by atoms with E-state index in [9.17, 15) is 9.59 Å². The molecule has 0 bridgehead atoms. The molecule has 0 saturated carbocycles. The van der Waals surface area contributed by atoms with Gasteiger partial charge in [-0.25, -0.2) is 4.79 Å². The molecule has 0 saturated heterocycles. The Hall–Kier alpha value is -3.60. The number of para-hydroxylation sites is 3. The Labute approximate surface area is 170 Å². The van der Waals surface area contributed by atoms with E-state index in [4.69, 9.17) is 4.74 Å². The summed E-state index contributed by atoms with van der Waals surface area (Å²) >= 11 is 0. The van der Waals surface area contributed by atoms with E-state index in [1.165, 1.54) is 0 Å². The first-order valence-corrected chi connectivity index (χ1v) is 9.55. The molecule has 3 aromatic carbocycles. The van der Waals surface area contributed by atoms with Gasteiger partial charge in [-0.05, 0) is 48.7 Å². The van der Waals surface area contributed by atoms with E-state index in [-0.39, 0.29) is 12.5 Å². The van der Waals surface area contributed by atoms with Crippen molar-refractivity contribution in [1.29, 1.82) is 0 Å². The van der Waals surface area contributed by atoms with E-state index in [0.29, 0.717) is 11.3 Å². The van der Waals surface area contributed by atoms with Crippen LogP contribution in [0, 0.1) is 6.92 Å². The summed E-state index contributed by atoms with van der Waals surface area (Å²) in [5, 5.41) is 6.06.